The summed E-state index contributed by atoms with van der Waals surface area (Å²) in [5, 5.41) is 0. The molecule has 2 aromatic rings. The van der Waals surface area contributed by atoms with E-state index in [0.29, 0.717) is 23.5 Å². The molecule has 3 rings (SSSR count). The van der Waals surface area contributed by atoms with Gasteiger partial charge in [-0.1, -0.05) is 140 Å². The van der Waals surface area contributed by atoms with Crippen LogP contribution in [0.25, 0.3) is 11.1 Å². The quantitative estimate of drug-likeness (QED) is 0.203. The minimum absolute atomic E-state index is 0.377. The van der Waals surface area contributed by atoms with Gasteiger partial charge in [0.15, 0.2) is 11.6 Å². The topological polar surface area (TPSA) is 0 Å². The van der Waals surface area contributed by atoms with Gasteiger partial charge < -0.3 is 0 Å². The molecule has 0 N–H and O–H groups in total. The number of halogens is 2. The molecule has 2 aromatic carbocycles. The molecule has 0 atom stereocenters. The number of rotatable bonds is 16. The Balaban J connectivity index is 1.40. The Morgan fingerprint density at radius 3 is 1.83 bits per heavy atom. The van der Waals surface area contributed by atoms with Crippen LogP contribution in [0.3, 0.4) is 0 Å². The largest absolute Gasteiger partial charge is 0.203 e. The van der Waals surface area contributed by atoms with Crippen LogP contribution in [0, 0.1) is 23.5 Å². The summed E-state index contributed by atoms with van der Waals surface area (Å²) in [5.41, 5.74) is 2.94. The minimum atomic E-state index is -0.690. The van der Waals surface area contributed by atoms with E-state index >= 15 is 0 Å². The van der Waals surface area contributed by atoms with Crippen molar-refractivity contribution in [3.05, 3.63) is 59.2 Å². The van der Waals surface area contributed by atoms with Crippen molar-refractivity contribution in [2.75, 3.05) is 0 Å². The zero-order valence-corrected chi connectivity index (χ0v) is 23.1. The number of benzene rings is 2. The fourth-order valence-electron chi connectivity index (χ4n) is 5.99. The molecule has 0 aromatic heterocycles. The van der Waals surface area contributed by atoms with Crippen LogP contribution in [-0.4, -0.2) is 0 Å². The lowest BCUT2D eigenvalue weighted by Gasteiger charge is -2.28. The van der Waals surface area contributed by atoms with E-state index in [-0.39, 0.29) is 0 Å². The van der Waals surface area contributed by atoms with Crippen LogP contribution in [0.1, 0.15) is 128 Å². The van der Waals surface area contributed by atoms with E-state index < -0.39 is 11.6 Å². The van der Waals surface area contributed by atoms with Crippen LogP contribution in [0.2, 0.25) is 0 Å². The van der Waals surface area contributed by atoms with Gasteiger partial charge in [-0.2, -0.15) is 0 Å². The predicted octanol–water partition coefficient (Wildman–Crippen LogP) is 11.2. The lowest BCUT2D eigenvalue weighted by Crippen LogP contribution is -2.15. The highest BCUT2D eigenvalue weighted by molar-refractivity contribution is 5.65. The first-order valence-electron chi connectivity index (χ1n) is 15.2. The number of hydrogen-bond donors (Lipinski definition) is 0. The monoisotopic (exact) mass is 496 g/mol. The van der Waals surface area contributed by atoms with E-state index in [4.69, 9.17) is 0 Å². The molecule has 200 valence electrons. The summed E-state index contributed by atoms with van der Waals surface area (Å²) in [6.45, 7) is 4.48. The smallest absolute Gasteiger partial charge is 0.166 e. The van der Waals surface area contributed by atoms with Crippen LogP contribution in [-0.2, 0) is 12.8 Å². The molecule has 2 heteroatoms. The molecule has 0 amide bonds. The molecule has 1 fully saturated rings. The van der Waals surface area contributed by atoms with Crippen molar-refractivity contribution in [2.24, 2.45) is 11.8 Å². The van der Waals surface area contributed by atoms with Crippen molar-refractivity contribution in [3.8, 4) is 11.1 Å². The first-order chi connectivity index (χ1) is 17.6. The Hall–Kier alpha value is -1.70. The third-order valence-corrected chi connectivity index (χ3v) is 8.50. The van der Waals surface area contributed by atoms with Crippen molar-refractivity contribution in [2.45, 2.75) is 129 Å². The van der Waals surface area contributed by atoms with Gasteiger partial charge in [0.05, 0.1) is 0 Å². The van der Waals surface area contributed by atoms with Gasteiger partial charge in [-0.25, -0.2) is 8.78 Å². The van der Waals surface area contributed by atoms with Crippen LogP contribution in [0.5, 0.6) is 0 Å². The maximum atomic E-state index is 15.0. The lowest BCUT2D eigenvalue weighted by atomic mass is 9.77. The zero-order valence-electron chi connectivity index (χ0n) is 23.1. The molecule has 0 saturated heterocycles. The van der Waals surface area contributed by atoms with Crippen molar-refractivity contribution in [3.63, 3.8) is 0 Å². The minimum Gasteiger partial charge on any atom is -0.203 e. The molecule has 1 aliphatic carbocycles. The average molecular weight is 497 g/mol. The molecule has 0 bridgehead atoms. The van der Waals surface area contributed by atoms with Gasteiger partial charge >= 0.3 is 0 Å². The molecule has 0 unspecified atom stereocenters. The van der Waals surface area contributed by atoms with E-state index in [9.17, 15) is 8.78 Å². The molecule has 36 heavy (non-hydrogen) atoms. The van der Waals surface area contributed by atoms with E-state index in [1.807, 2.05) is 18.2 Å². The molecule has 0 heterocycles. The first-order valence-corrected chi connectivity index (χ1v) is 15.2. The van der Waals surface area contributed by atoms with Crippen molar-refractivity contribution < 1.29 is 8.78 Å². The van der Waals surface area contributed by atoms with E-state index in [0.717, 1.165) is 24.3 Å². The highest BCUT2D eigenvalue weighted by Gasteiger charge is 2.22. The SMILES string of the molecule is CCCCCCCCCC1CCC(CCc2ccc(-c3ccc(CCCCC)cc3)c(F)c2F)CC1. The lowest BCUT2D eigenvalue weighted by molar-refractivity contribution is 0.248. The number of unbranched alkanes of at least 4 members (excludes halogenated alkanes) is 8. The molecular weight excluding hydrogens is 446 g/mol. The van der Waals surface area contributed by atoms with Gasteiger partial charge in [0, 0.05) is 5.56 Å². The Labute approximate surface area is 220 Å². The summed E-state index contributed by atoms with van der Waals surface area (Å²) in [6, 6.07) is 11.6. The van der Waals surface area contributed by atoms with E-state index in [1.165, 1.54) is 102 Å². The van der Waals surface area contributed by atoms with Crippen molar-refractivity contribution in [1.82, 2.24) is 0 Å². The Bertz CT molecular complexity index is 861. The van der Waals surface area contributed by atoms with Gasteiger partial charge in [-0.15, -0.1) is 0 Å². The van der Waals surface area contributed by atoms with Crippen molar-refractivity contribution >= 4 is 0 Å². The summed E-state index contributed by atoms with van der Waals surface area (Å²) < 4.78 is 29.9. The number of hydrogen-bond acceptors (Lipinski definition) is 0. The normalized spacial score (nSPS) is 18.0. The molecular formula is C34H50F2. The summed E-state index contributed by atoms with van der Waals surface area (Å²) in [7, 11) is 0. The van der Waals surface area contributed by atoms with Crippen LogP contribution in [0.4, 0.5) is 8.78 Å². The highest BCUT2D eigenvalue weighted by atomic mass is 19.2. The summed E-state index contributed by atoms with van der Waals surface area (Å²) in [4.78, 5) is 0. The molecule has 0 radical (unpaired) electrons. The summed E-state index contributed by atoms with van der Waals surface area (Å²) >= 11 is 0. The van der Waals surface area contributed by atoms with E-state index in [2.05, 4.69) is 26.0 Å². The molecule has 1 saturated carbocycles. The van der Waals surface area contributed by atoms with Gasteiger partial charge in [0.2, 0.25) is 0 Å². The van der Waals surface area contributed by atoms with Gasteiger partial charge in [0.1, 0.15) is 0 Å². The Kier molecular flexibility index (Phi) is 13.0. The second-order valence-electron chi connectivity index (χ2n) is 11.4. The number of aryl methyl sites for hydroxylation is 2. The van der Waals surface area contributed by atoms with E-state index in [1.54, 1.807) is 6.07 Å². The molecule has 0 spiro atoms. The first kappa shape index (κ1) is 28.9. The highest BCUT2D eigenvalue weighted by Crippen LogP contribution is 2.35. The van der Waals surface area contributed by atoms with Gasteiger partial charge in [0.25, 0.3) is 0 Å². The van der Waals surface area contributed by atoms with Crippen LogP contribution in [0.15, 0.2) is 36.4 Å². The summed E-state index contributed by atoms with van der Waals surface area (Å²) in [6.07, 6.45) is 22.5. The second kappa shape index (κ2) is 16.2. The maximum Gasteiger partial charge on any atom is 0.166 e. The maximum absolute atomic E-state index is 15.0. The van der Waals surface area contributed by atoms with Crippen LogP contribution >= 0.6 is 0 Å². The Morgan fingerprint density at radius 1 is 0.583 bits per heavy atom. The van der Waals surface area contributed by atoms with Gasteiger partial charge in [-0.05, 0) is 54.2 Å². The zero-order chi connectivity index (χ0) is 25.6. The molecule has 0 nitrogen and oxygen atoms in total. The fourth-order valence-corrected chi connectivity index (χ4v) is 5.99. The second-order valence-corrected chi connectivity index (χ2v) is 11.4. The molecule has 1 aliphatic rings. The standard InChI is InChI=1S/C34H50F2/c1-3-5-7-8-9-10-12-14-27-15-17-29(18-16-27)21-24-31-25-26-32(34(36)33(31)35)30-22-19-28(20-23-30)13-11-6-4-2/h19-20,22-23,25-27,29H,3-18,21,24H2,1-2H3. The third kappa shape index (κ3) is 9.31. The third-order valence-electron chi connectivity index (χ3n) is 8.50. The van der Waals surface area contributed by atoms with Crippen LogP contribution < -0.4 is 0 Å². The molecule has 0 aliphatic heterocycles. The van der Waals surface area contributed by atoms with Crippen molar-refractivity contribution in [1.29, 1.82) is 0 Å². The Morgan fingerprint density at radius 2 is 1.17 bits per heavy atom. The summed E-state index contributed by atoms with van der Waals surface area (Å²) in [5.74, 6) is 0.220. The fraction of sp³-hybridized carbons (Fsp3) is 0.647. The average Bonchev–Trinajstić information content (AvgIpc) is 2.90. The predicted molar refractivity (Wildman–Crippen MR) is 151 cm³/mol. The van der Waals surface area contributed by atoms with Gasteiger partial charge in [-0.3, -0.25) is 0 Å².